The van der Waals surface area contributed by atoms with Crippen LogP contribution in [-0.2, 0) is 11.3 Å². The van der Waals surface area contributed by atoms with Crippen LogP contribution in [0.25, 0.3) is 5.69 Å². The molecule has 2 aromatic rings. The molecular formula is C14H19N3O. The van der Waals surface area contributed by atoms with Crippen LogP contribution in [0.2, 0.25) is 0 Å². The predicted octanol–water partition coefficient (Wildman–Crippen LogP) is 2.13. The Bertz CT molecular complexity index is 485. The van der Waals surface area contributed by atoms with Crippen molar-refractivity contribution in [2.45, 2.75) is 26.0 Å². The minimum Gasteiger partial charge on any atom is -0.375 e. The number of hydrogen-bond acceptors (Lipinski definition) is 3. The van der Waals surface area contributed by atoms with Crippen molar-refractivity contribution in [1.82, 2.24) is 9.78 Å². The zero-order valence-electron chi connectivity index (χ0n) is 10.8. The molecule has 4 nitrogen and oxygen atoms in total. The van der Waals surface area contributed by atoms with Crippen molar-refractivity contribution in [3.63, 3.8) is 0 Å². The molecule has 1 aromatic heterocycles. The monoisotopic (exact) mass is 245 g/mol. The van der Waals surface area contributed by atoms with Crippen LogP contribution in [-0.4, -0.2) is 21.9 Å². The van der Waals surface area contributed by atoms with Crippen molar-refractivity contribution in [3.05, 3.63) is 48.3 Å². The summed E-state index contributed by atoms with van der Waals surface area (Å²) in [7, 11) is 0. The molecule has 0 bridgehead atoms. The summed E-state index contributed by atoms with van der Waals surface area (Å²) in [6.07, 6.45) is 3.79. The average Bonchev–Trinajstić information content (AvgIpc) is 2.77. The minimum atomic E-state index is -0.296. The Hall–Kier alpha value is -1.65. The topological polar surface area (TPSA) is 53.1 Å². The van der Waals surface area contributed by atoms with E-state index in [-0.39, 0.29) is 5.54 Å². The normalized spacial score (nSPS) is 11.7. The van der Waals surface area contributed by atoms with E-state index in [0.29, 0.717) is 13.2 Å². The van der Waals surface area contributed by atoms with E-state index in [1.54, 1.807) is 0 Å². The molecule has 0 aliphatic heterocycles. The van der Waals surface area contributed by atoms with Crippen molar-refractivity contribution >= 4 is 0 Å². The van der Waals surface area contributed by atoms with Crippen LogP contribution in [0.1, 0.15) is 19.4 Å². The maximum Gasteiger partial charge on any atom is 0.0748 e. The van der Waals surface area contributed by atoms with Gasteiger partial charge in [0.1, 0.15) is 0 Å². The summed E-state index contributed by atoms with van der Waals surface area (Å²) < 4.78 is 7.39. The van der Waals surface area contributed by atoms with E-state index in [9.17, 15) is 0 Å². The predicted molar refractivity (Wildman–Crippen MR) is 71.5 cm³/mol. The number of para-hydroxylation sites is 1. The molecule has 96 valence electrons. The molecular weight excluding hydrogens is 226 g/mol. The van der Waals surface area contributed by atoms with Crippen molar-refractivity contribution < 1.29 is 4.74 Å². The quantitative estimate of drug-likeness (QED) is 0.878. The van der Waals surface area contributed by atoms with Gasteiger partial charge in [0, 0.05) is 17.3 Å². The van der Waals surface area contributed by atoms with Crippen molar-refractivity contribution in [2.24, 2.45) is 5.73 Å². The van der Waals surface area contributed by atoms with Crippen molar-refractivity contribution in [2.75, 3.05) is 6.61 Å². The summed E-state index contributed by atoms with van der Waals surface area (Å²) in [5.41, 5.74) is 7.64. The van der Waals surface area contributed by atoms with Gasteiger partial charge in [-0.05, 0) is 26.0 Å². The molecule has 0 unspecified atom stereocenters. The van der Waals surface area contributed by atoms with Gasteiger partial charge in [0.05, 0.1) is 25.1 Å². The van der Waals surface area contributed by atoms with Crippen LogP contribution in [0, 0.1) is 0 Å². The fraction of sp³-hybridized carbons (Fsp3) is 0.357. The minimum absolute atomic E-state index is 0.296. The second-order valence-electron chi connectivity index (χ2n) is 5.11. The molecule has 0 spiro atoms. The highest BCUT2D eigenvalue weighted by Gasteiger charge is 2.10. The third-order valence-electron chi connectivity index (χ3n) is 2.40. The lowest BCUT2D eigenvalue weighted by molar-refractivity contribution is 0.0851. The summed E-state index contributed by atoms with van der Waals surface area (Å²) in [4.78, 5) is 0. The van der Waals surface area contributed by atoms with Gasteiger partial charge in [0.15, 0.2) is 0 Å². The van der Waals surface area contributed by atoms with Crippen LogP contribution in [0.3, 0.4) is 0 Å². The van der Waals surface area contributed by atoms with Crippen LogP contribution < -0.4 is 5.73 Å². The average molecular weight is 245 g/mol. The molecule has 1 heterocycles. The first-order chi connectivity index (χ1) is 8.54. The number of nitrogens with two attached hydrogens (primary N) is 1. The molecule has 2 N–H and O–H groups in total. The lowest BCUT2D eigenvalue weighted by atomic mass is 10.1. The molecule has 0 saturated heterocycles. The van der Waals surface area contributed by atoms with E-state index in [4.69, 9.17) is 10.5 Å². The summed E-state index contributed by atoms with van der Waals surface area (Å²) in [5.74, 6) is 0. The number of benzene rings is 1. The number of hydrogen-bond donors (Lipinski definition) is 1. The number of ether oxygens (including phenoxy) is 1. The zero-order chi connectivity index (χ0) is 13.0. The van der Waals surface area contributed by atoms with Crippen LogP contribution in [0.15, 0.2) is 42.7 Å². The van der Waals surface area contributed by atoms with Gasteiger partial charge in [-0.2, -0.15) is 5.10 Å². The maximum atomic E-state index is 5.85. The largest absolute Gasteiger partial charge is 0.375 e. The molecule has 2 rings (SSSR count). The smallest absolute Gasteiger partial charge is 0.0748 e. The first-order valence-corrected chi connectivity index (χ1v) is 6.00. The Balaban J connectivity index is 1.95. The highest BCUT2D eigenvalue weighted by atomic mass is 16.5. The second-order valence-corrected chi connectivity index (χ2v) is 5.11. The molecule has 0 atom stereocenters. The fourth-order valence-electron chi connectivity index (χ4n) is 1.59. The lowest BCUT2D eigenvalue weighted by Crippen LogP contribution is -2.37. The van der Waals surface area contributed by atoms with Gasteiger partial charge in [0.25, 0.3) is 0 Å². The summed E-state index contributed by atoms with van der Waals surface area (Å²) in [5, 5.41) is 4.31. The van der Waals surface area contributed by atoms with Crippen LogP contribution in [0.4, 0.5) is 0 Å². The van der Waals surface area contributed by atoms with E-state index in [2.05, 4.69) is 5.10 Å². The molecule has 0 aliphatic carbocycles. The Kier molecular flexibility index (Phi) is 3.79. The van der Waals surface area contributed by atoms with Gasteiger partial charge >= 0.3 is 0 Å². The molecule has 0 amide bonds. The van der Waals surface area contributed by atoms with Crippen LogP contribution in [0.5, 0.6) is 0 Å². The Labute approximate surface area is 107 Å². The van der Waals surface area contributed by atoms with Gasteiger partial charge in [-0.3, -0.25) is 0 Å². The lowest BCUT2D eigenvalue weighted by Gasteiger charge is -2.17. The number of rotatable bonds is 5. The Morgan fingerprint density at radius 3 is 2.67 bits per heavy atom. The summed E-state index contributed by atoms with van der Waals surface area (Å²) in [6, 6.07) is 10.00. The third-order valence-corrected chi connectivity index (χ3v) is 2.40. The van der Waals surface area contributed by atoms with E-state index in [1.165, 1.54) is 0 Å². The Morgan fingerprint density at radius 1 is 1.28 bits per heavy atom. The molecule has 0 aliphatic rings. The van der Waals surface area contributed by atoms with E-state index in [1.807, 2.05) is 61.3 Å². The molecule has 1 aromatic carbocycles. The number of nitrogens with zero attached hydrogens (tertiary/aromatic N) is 2. The summed E-state index contributed by atoms with van der Waals surface area (Å²) >= 11 is 0. The second kappa shape index (κ2) is 5.33. The van der Waals surface area contributed by atoms with Gasteiger partial charge in [0.2, 0.25) is 0 Å². The third kappa shape index (κ3) is 3.68. The van der Waals surface area contributed by atoms with Crippen molar-refractivity contribution in [3.8, 4) is 5.69 Å². The highest BCUT2D eigenvalue weighted by Crippen LogP contribution is 2.09. The fourth-order valence-corrected chi connectivity index (χ4v) is 1.59. The van der Waals surface area contributed by atoms with Gasteiger partial charge < -0.3 is 10.5 Å². The zero-order valence-corrected chi connectivity index (χ0v) is 10.8. The first kappa shape index (κ1) is 12.8. The molecule has 18 heavy (non-hydrogen) atoms. The van der Waals surface area contributed by atoms with Gasteiger partial charge in [-0.15, -0.1) is 0 Å². The Morgan fingerprint density at radius 2 is 2.00 bits per heavy atom. The molecule has 0 radical (unpaired) electrons. The standard InChI is InChI=1S/C14H19N3O/c1-14(2,15)11-18-10-12-8-16-17(9-12)13-6-4-3-5-7-13/h3-9H,10-11,15H2,1-2H3. The van der Waals surface area contributed by atoms with Gasteiger partial charge in [-0.1, -0.05) is 18.2 Å². The van der Waals surface area contributed by atoms with E-state index < -0.39 is 0 Å². The van der Waals surface area contributed by atoms with Gasteiger partial charge in [-0.25, -0.2) is 4.68 Å². The van der Waals surface area contributed by atoms with E-state index in [0.717, 1.165) is 11.3 Å². The molecule has 4 heteroatoms. The number of aromatic nitrogens is 2. The summed E-state index contributed by atoms with van der Waals surface area (Å²) in [6.45, 7) is 4.96. The molecule has 0 saturated carbocycles. The first-order valence-electron chi connectivity index (χ1n) is 6.00. The van der Waals surface area contributed by atoms with Crippen LogP contribution >= 0.6 is 0 Å². The maximum absolute atomic E-state index is 5.85. The molecule has 0 fully saturated rings. The highest BCUT2D eigenvalue weighted by molar-refractivity contribution is 5.30. The SMILES string of the molecule is CC(C)(N)COCc1cnn(-c2ccccc2)c1. The van der Waals surface area contributed by atoms with Crippen molar-refractivity contribution in [1.29, 1.82) is 0 Å². The van der Waals surface area contributed by atoms with E-state index >= 15 is 0 Å².